The molecule has 0 radical (unpaired) electrons. The molecule has 0 aliphatic carbocycles. The molecule has 1 heterocycles. The van der Waals surface area contributed by atoms with Crippen LogP contribution in [0.3, 0.4) is 0 Å². The zero-order valence-corrected chi connectivity index (χ0v) is 10.4. The summed E-state index contributed by atoms with van der Waals surface area (Å²) in [4.78, 5) is 11.0. The van der Waals surface area contributed by atoms with Gasteiger partial charge < -0.3 is 9.84 Å². The van der Waals surface area contributed by atoms with Gasteiger partial charge in [-0.15, -0.1) is 0 Å². The van der Waals surface area contributed by atoms with Gasteiger partial charge in [0.25, 0.3) is 0 Å². The molecule has 2 atom stereocenters. The van der Waals surface area contributed by atoms with Crippen molar-refractivity contribution in [3.63, 3.8) is 0 Å². The van der Waals surface area contributed by atoms with Crippen molar-refractivity contribution in [2.45, 2.75) is 58.5 Å². The van der Waals surface area contributed by atoms with Gasteiger partial charge in [-0.25, -0.2) is 0 Å². The molecule has 0 aromatic heterocycles. The van der Waals surface area contributed by atoms with Crippen molar-refractivity contribution in [2.24, 2.45) is 11.8 Å². The highest BCUT2D eigenvalue weighted by Crippen LogP contribution is 2.22. The molecule has 3 nitrogen and oxygen atoms in total. The Balaban J connectivity index is 2.18. The normalized spacial score (nSPS) is 22.6. The Morgan fingerprint density at radius 1 is 1.50 bits per heavy atom. The highest BCUT2D eigenvalue weighted by atomic mass is 16.5. The van der Waals surface area contributed by atoms with Gasteiger partial charge in [0.15, 0.2) is 0 Å². The predicted octanol–water partition coefficient (Wildman–Crippen LogP) is 3.08. The van der Waals surface area contributed by atoms with E-state index in [1.807, 2.05) is 0 Å². The second-order valence-corrected chi connectivity index (χ2v) is 5.23. The van der Waals surface area contributed by atoms with Crippen molar-refractivity contribution in [3.05, 3.63) is 0 Å². The molecule has 0 amide bonds. The predicted molar refractivity (Wildman–Crippen MR) is 63.4 cm³/mol. The van der Waals surface area contributed by atoms with E-state index in [2.05, 4.69) is 13.8 Å². The molecule has 0 saturated carbocycles. The molecule has 3 heteroatoms. The molecule has 16 heavy (non-hydrogen) atoms. The SMILES string of the molecule is CC(C)CC(CCCC1CCCO1)C(=O)O. The Labute approximate surface area is 98.2 Å². The third-order valence-corrected chi connectivity index (χ3v) is 3.21. The summed E-state index contributed by atoms with van der Waals surface area (Å²) < 4.78 is 5.53. The zero-order valence-electron chi connectivity index (χ0n) is 10.4. The molecular weight excluding hydrogens is 204 g/mol. The van der Waals surface area contributed by atoms with Crippen molar-refractivity contribution in [2.75, 3.05) is 6.61 Å². The van der Waals surface area contributed by atoms with Crippen LogP contribution in [0.25, 0.3) is 0 Å². The minimum absolute atomic E-state index is 0.165. The summed E-state index contributed by atoms with van der Waals surface area (Å²) in [6.45, 7) is 5.05. The standard InChI is InChI=1S/C13H24O3/c1-10(2)9-11(13(14)15)5-3-6-12-7-4-8-16-12/h10-12H,3-9H2,1-2H3,(H,14,15). The summed E-state index contributed by atoms with van der Waals surface area (Å²) in [7, 11) is 0. The van der Waals surface area contributed by atoms with E-state index in [4.69, 9.17) is 9.84 Å². The third-order valence-electron chi connectivity index (χ3n) is 3.21. The van der Waals surface area contributed by atoms with Crippen LogP contribution in [0, 0.1) is 11.8 Å². The Kier molecular flexibility index (Phi) is 5.81. The Morgan fingerprint density at radius 2 is 2.25 bits per heavy atom. The van der Waals surface area contributed by atoms with Crippen LogP contribution in [0.2, 0.25) is 0 Å². The summed E-state index contributed by atoms with van der Waals surface area (Å²) in [6, 6.07) is 0. The first kappa shape index (κ1) is 13.5. The van der Waals surface area contributed by atoms with Gasteiger partial charge in [-0.3, -0.25) is 4.79 Å². The molecule has 2 unspecified atom stereocenters. The van der Waals surface area contributed by atoms with E-state index in [0.29, 0.717) is 12.0 Å². The van der Waals surface area contributed by atoms with Crippen LogP contribution >= 0.6 is 0 Å². The number of carbonyl (C=O) groups is 1. The van der Waals surface area contributed by atoms with E-state index in [9.17, 15) is 4.79 Å². The summed E-state index contributed by atoms with van der Waals surface area (Å²) in [5.74, 6) is -0.341. The van der Waals surface area contributed by atoms with Gasteiger partial charge in [-0.05, 0) is 38.0 Å². The number of aliphatic carboxylic acids is 1. The first-order valence-electron chi connectivity index (χ1n) is 6.44. The third kappa shape index (κ3) is 4.97. The van der Waals surface area contributed by atoms with Crippen LogP contribution in [0.4, 0.5) is 0 Å². The van der Waals surface area contributed by atoms with Gasteiger partial charge in [-0.2, -0.15) is 0 Å². The molecule has 0 aromatic rings. The van der Waals surface area contributed by atoms with Gasteiger partial charge in [0.2, 0.25) is 0 Å². The Morgan fingerprint density at radius 3 is 2.75 bits per heavy atom. The largest absolute Gasteiger partial charge is 0.481 e. The van der Waals surface area contributed by atoms with Crippen LogP contribution in [-0.2, 0) is 9.53 Å². The van der Waals surface area contributed by atoms with Gasteiger partial charge in [0.05, 0.1) is 12.0 Å². The lowest BCUT2D eigenvalue weighted by Gasteiger charge is -2.15. The van der Waals surface area contributed by atoms with E-state index in [0.717, 1.165) is 38.7 Å². The van der Waals surface area contributed by atoms with Crippen molar-refractivity contribution in [1.82, 2.24) is 0 Å². The van der Waals surface area contributed by atoms with Crippen molar-refractivity contribution < 1.29 is 14.6 Å². The number of hydrogen-bond donors (Lipinski definition) is 1. The first-order chi connectivity index (χ1) is 7.59. The van der Waals surface area contributed by atoms with E-state index in [1.165, 1.54) is 6.42 Å². The lowest BCUT2D eigenvalue weighted by Crippen LogP contribution is -2.17. The zero-order chi connectivity index (χ0) is 12.0. The monoisotopic (exact) mass is 228 g/mol. The Hall–Kier alpha value is -0.570. The summed E-state index contributed by atoms with van der Waals surface area (Å²) in [6.07, 6.45) is 6.32. The van der Waals surface area contributed by atoms with Crippen LogP contribution in [0.1, 0.15) is 52.4 Å². The first-order valence-corrected chi connectivity index (χ1v) is 6.44. The van der Waals surface area contributed by atoms with E-state index >= 15 is 0 Å². The molecule has 0 bridgehead atoms. The average molecular weight is 228 g/mol. The maximum Gasteiger partial charge on any atom is 0.306 e. The van der Waals surface area contributed by atoms with Gasteiger partial charge in [-0.1, -0.05) is 20.3 Å². The number of carboxylic acid groups (broad SMARTS) is 1. The maximum atomic E-state index is 11.0. The quantitative estimate of drug-likeness (QED) is 0.728. The minimum atomic E-state index is -0.638. The fraction of sp³-hybridized carbons (Fsp3) is 0.923. The molecule has 1 aliphatic rings. The number of ether oxygens (including phenoxy) is 1. The molecule has 0 spiro atoms. The van der Waals surface area contributed by atoms with Gasteiger partial charge in [0.1, 0.15) is 0 Å². The summed E-state index contributed by atoms with van der Waals surface area (Å²) >= 11 is 0. The number of carboxylic acids is 1. The topological polar surface area (TPSA) is 46.5 Å². The Bertz CT molecular complexity index is 207. The van der Waals surface area contributed by atoms with Crippen molar-refractivity contribution >= 4 is 5.97 Å². The maximum absolute atomic E-state index is 11.0. The lowest BCUT2D eigenvalue weighted by atomic mass is 9.92. The highest BCUT2D eigenvalue weighted by Gasteiger charge is 2.20. The van der Waals surface area contributed by atoms with Crippen LogP contribution < -0.4 is 0 Å². The molecule has 0 aromatic carbocycles. The second kappa shape index (κ2) is 6.89. The van der Waals surface area contributed by atoms with Crippen LogP contribution in [0.15, 0.2) is 0 Å². The second-order valence-electron chi connectivity index (χ2n) is 5.23. The molecule has 1 N–H and O–H groups in total. The number of hydrogen-bond acceptors (Lipinski definition) is 2. The van der Waals surface area contributed by atoms with Gasteiger partial charge >= 0.3 is 5.97 Å². The molecule has 1 saturated heterocycles. The summed E-state index contributed by atoms with van der Waals surface area (Å²) in [5.41, 5.74) is 0. The molecular formula is C13H24O3. The van der Waals surface area contributed by atoms with Crippen LogP contribution in [-0.4, -0.2) is 23.8 Å². The minimum Gasteiger partial charge on any atom is -0.481 e. The highest BCUT2D eigenvalue weighted by molar-refractivity contribution is 5.69. The molecule has 1 fully saturated rings. The fourth-order valence-corrected chi connectivity index (χ4v) is 2.38. The molecule has 1 rings (SSSR count). The average Bonchev–Trinajstić information content (AvgIpc) is 2.68. The van der Waals surface area contributed by atoms with E-state index in [-0.39, 0.29) is 5.92 Å². The fourth-order valence-electron chi connectivity index (χ4n) is 2.38. The van der Waals surface area contributed by atoms with E-state index in [1.54, 1.807) is 0 Å². The van der Waals surface area contributed by atoms with Gasteiger partial charge in [0, 0.05) is 6.61 Å². The lowest BCUT2D eigenvalue weighted by molar-refractivity contribution is -0.142. The summed E-state index contributed by atoms with van der Waals surface area (Å²) in [5, 5.41) is 9.08. The van der Waals surface area contributed by atoms with Crippen LogP contribution in [0.5, 0.6) is 0 Å². The van der Waals surface area contributed by atoms with E-state index < -0.39 is 5.97 Å². The van der Waals surface area contributed by atoms with Crippen molar-refractivity contribution in [3.8, 4) is 0 Å². The number of rotatable bonds is 7. The smallest absolute Gasteiger partial charge is 0.306 e. The van der Waals surface area contributed by atoms with Crippen molar-refractivity contribution in [1.29, 1.82) is 0 Å². The molecule has 94 valence electrons. The molecule has 1 aliphatic heterocycles.